The van der Waals surface area contributed by atoms with Crippen molar-refractivity contribution in [3.8, 4) is 11.5 Å². The van der Waals surface area contributed by atoms with Crippen LogP contribution in [0.15, 0.2) is 53.5 Å². The maximum atomic E-state index is 11.6. The van der Waals surface area contributed by atoms with E-state index in [1.807, 2.05) is 43.3 Å². The van der Waals surface area contributed by atoms with E-state index in [0.29, 0.717) is 36.1 Å². The number of rotatable bonds is 8. The molecule has 3 N–H and O–H groups in total. The minimum Gasteiger partial charge on any atom is -0.493 e. The monoisotopic (exact) mass is 512 g/mol. The molecule has 2 aromatic carbocycles. The molecule has 1 unspecified atom stereocenters. The zero-order valence-electron chi connectivity index (χ0n) is 17.2. The lowest BCUT2D eigenvalue weighted by molar-refractivity contribution is 0.0963. The van der Waals surface area contributed by atoms with E-state index in [1.165, 1.54) is 0 Å². The molecule has 0 radical (unpaired) electrons. The number of nitrogens with one attached hydrogen (secondary N) is 3. The highest BCUT2D eigenvalue weighted by Gasteiger charge is 2.09. The van der Waals surface area contributed by atoms with Crippen molar-refractivity contribution in [1.29, 1.82) is 0 Å². The number of carbonyl (C=O) groups excluding carboxylic acids is 1. The van der Waals surface area contributed by atoms with Crippen LogP contribution in [0.4, 0.5) is 0 Å². The van der Waals surface area contributed by atoms with E-state index in [4.69, 9.17) is 9.47 Å². The number of ether oxygens (including phenoxy) is 2. The van der Waals surface area contributed by atoms with Crippen molar-refractivity contribution in [3.63, 3.8) is 0 Å². The molecule has 8 heteroatoms. The second-order valence-electron chi connectivity index (χ2n) is 6.16. The number of aliphatic imine (C=N–C) groups is 1. The number of nitrogens with zero attached hydrogens (tertiary/aromatic N) is 1. The van der Waals surface area contributed by atoms with Crippen molar-refractivity contribution in [1.82, 2.24) is 16.0 Å². The Hall–Kier alpha value is -2.49. The fourth-order valence-corrected chi connectivity index (χ4v) is 2.54. The molecule has 0 spiro atoms. The summed E-state index contributed by atoms with van der Waals surface area (Å²) in [5.74, 6) is 1.99. The van der Waals surface area contributed by atoms with Gasteiger partial charge in [-0.15, -0.1) is 24.0 Å². The first-order chi connectivity index (χ1) is 13.6. The highest BCUT2D eigenvalue weighted by Crippen LogP contribution is 2.26. The number of halogens is 1. The summed E-state index contributed by atoms with van der Waals surface area (Å²) in [4.78, 5) is 15.8. The Morgan fingerprint density at radius 3 is 2.31 bits per heavy atom. The molecule has 0 aliphatic heterocycles. The summed E-state index contributed by atoms with van der Waals surface area (Å²) in [6.07, 6.45) is -0.0818. The van der Waals surface area contributed by atoms with E-state index >= 15 is 0 Å². The molecule has 0 aromatic heterocycles. The molecule has 0 aliphatic carbocycles. The van der Waals surface area contributed by atoms with Gasteiger partial charge in [-0.05, 0) is 36.8 Å². The van der Waals surface area contributed by atoms with E-state index in [0.717, 1.165) is 5.56 Å². The van der Waals surface area contributed by atoms with Crippen LogP contribution >= 0.6 is 24.0 Å². The summed E-state index contributed by atoms with van der Waals surface area (Å²) in [6.45, 7) is 3.15. The third-order valence-corrected chi connectivity index (χ3v) is 4.08. The third kappa shape index (κ3) is 7.80. The minimum absolute atomic E-state index is 0. The van der Waals surface area contributed by atoms with Crippen molar-refractivity contribution < 1.29 is 14.3 Å². The molecule has 2 rings (SSSR count). The Kier molecular flexibility index (Phi) is 10.9. The van der Waals surface area contributed by atoms with Gasteiger partial charge in [0, 0.05) is 26.2 Å². The topological polar surface area (TPSA) is 84.0 Å². The molecule has 0 aliphatic rings. The van der Waals surface area contributed by atoms with Crippen molar-refractivity contribution >= 4 is 35.8 Å². The zero-order chi connectivity index (χ0) is 20.4. The first kappa shape index (κ1) is 24.5. The molecule has 0 saturated carbocycles. The maximum Gasteiger partial charge on any atom is 0.251 e. The van der Waals surface area contributed by atoms with Crippen molar-refractivity contribution in [2.45, 2.75) is 19.6 Å². The first-order valence-electron chi connectivity index (χ1n) is 9.12. The fraction of sp³-hybridized carbons (Fsp3) is 0.333. The number of hydrogen-bond acceptors (Lipinski definition) is 4. The van der Waals surface area contributed by atoms with Gasteiger partial charge in [0.15, 0.2) is 17.5 Å². The minimum atomic E-state index is -0.0963. The van der Waals surface area contributed by atoms with Gasteiger partial charge in [0.1, 0.15) is 6.10 Å². The summed E-state index contributed by atoms with van der Waals surface area (Å²) in [7, 11) is 4.96. The van der Waals surface area contributed by atoms with Crippen LogP contribution in [0, 0.1) is 0 Å². The van der Waals surface area contributed by atoms with Crippen LogP contribution in [0.25, 0.3) is 0 Å². The smallest absolute Gasteiger partial charge is 0.251 e. The highest BCUT2D eigenvalue weighted by molar-refractivity contribution is 14.0. The van der Waals surface area contributed by atoms with Crippen LogP contribution in [0.1, 0.15) is 22.8 Å². The average Bonchev–Trinajstić information content (AvgIpc) is 2.74. The predicted molar refractivity (Wildman–Crippen MR) is 127 cm³/mol. The van der Waals surface area contributed by atoms with E-state index in [9.17, 15) is 4.79 Å². The summed E-state index contributed by atoms with van der Waals surface area (Å²) >= 11 is 0. The second-order valence-corrected chi connectivity index (χ2v) is 6.16. The molecular weight excluding hydrogens is 483 g/mol. The van der Waals surface area contributed by atoms with E-state index < -0.39 is 0 Å². The molecule has 29 heavy (non-hydrogen) atoms. The maximum absolute atomic E-state index is 11.6. The number of amides is 1. The summed E-state index contributed by atoms with van der Waals surface area (Å²) in [5, 5.41) is 9.10. The van der Waals surface area contributed by atoms with Crippen LogP contribution in [-0.2, 0) is 6.54 Å². The Morgan fingerprint density at radius 2 is 1.72 bits per heavy atom. The number of carbonyl (C=O) groups is 1. The molecule has 2 aromatic rings. The lowest BCUT2D eigenvalue weighted by atomic mass is 10.1. The van der Waals surface area contributed by atoms with Gasteiger partial charge in [-0.3, -0.25) is 9.79 Å². The summed E-state index contributed by atoms with van der Waals surface area (Å²) < 4.78 is 11.2. The summed E-state index contributed by atoms with van der Waals surface area (Å²) in [5.41, 5.74) is 1.69. The lowest BCUT2D eigenvalue weighted by Gasteiger charge is -2.19. The van der Waals surface area contributed by atoms with Gasteiger partial charge >= 0.3 is 0 Å². The number of hydrogen-bond donors (Lipinski definition) is 3. The zero-order valence-corrected chi connectivity index (χ0v) is 19.5. The number of benzene rings is 2. The van der Waals surface area contributed by atoms with Crippen molar-refractivity contribution in [2.24, 2.45) is 4.99 Å². The van der Waals surface area contributed by atoms with E-state index in [1.54, 1.807) is 33.3 Å². The van der Waals surface area contributed by atoms with Crippen molar-refractivity contribution in [2.75, 3.05) is 27.7 Å². The molecule has 0 bridgehead atoms. The Balaban J connectivity index is 0.00000420. The first-order valence-corrected chi connectivity index (χ1v) is 9.12. The van der Waals surface area contributed by atoms with Gasteiger partial charge in [-0.2, -0.15) is 0 Å². The van der Waals surface area contributed by atoms with Gasteiger partial charge in [-0.25, -0.2) is 0 Å². The Morgan fingerprint density at radius 1 is 1.07 bits per heavy atom. The van der Waals surface area contributed by atoms with E-state index in [2.05, 4.69) is 20.9 Å². The largest absolute Gasteiger partial charge is 0.493 e. The lowest BCUT2D eigenvalue weighted by Crippen LogP contribution is -2.41. The quantitative estimate of drug-likeness (QED) is 0.288. The van der Waals surface area contributed by atoms with E-state index in [-0.39, 0.29) is 36.0 Å². The van der Waals surface area contributed by atoms with Crippen LogP contribution in [0.5, 0.6) is 11.5 Å². The molecule has 1 atom stereocenters. The van der Waals surface area contributed by atoms with Gasteiger partial charge in [0.05, 0.1) is 13.7 Å². The fourth-order valence-electron chi connectivity index (χ4n) is 2.54. The molecule has 0 fully saturated rings. The van der Waals surface area contributed by atoms with Crippen LogP contribution in [0.2, 0.25) is 0 Å². The van der Waals surface area contributed by atoms with Gasteiger partial charge in [0.2, 0.25) is 0 Å². The molecule has 0 heterocycles. The standard InChI is InChI=1S/C21H28N4O3.HI/c1-15(28-19-8-6-5-7-18(19)27-4)13-24-21(23-3)25-14-16-9-11-17(12-10-16)20(26)22-2;/h5-12,15H,13-14H2,1-4H3,(H,22,26)(H2,23,24,25);1H. The third-order valence-electron chi connectivity index (χ3n) is 4.08. The molecule has 158 valence electrons. The Bertz CT molecular complexity index is 797. The highest BCUT2D eigenvalue weighted by atomic mass is 127. The predicted octanol–water partition coefficient (Wildman–Crippen LogP) is 2.81. The molecule has 7 nitrogen and oxygen atoms in total. The van der Waals surface area contributed by atoms with Crippen molar-refractivity contribution in [3.05, 3.63) is 59.7 Å². The van der Waals surface area contributed by atoms with Crippen LogP contribution < -0.4 is 25.4 Å². The van der Waals surface area contributed by atoms with Gasteiger partial charge in [-0.1, -0.05) is 24.3 Å². The number of methoxy groups -OCH3 is 1. The van der Waals surface area contributed by atoms with Crippen LogP contribution in [0.3, 0.4) is 0 Å². The van der Waals surface area contributed by atoms with Gasteiger partial charge < -0.3 is 25.4 Å². The SMILES string of the molecule is CN=C(NCc1ccc(C(=O)NC)cc1)NCC(C)Oc1ccccc1OC.I. The number of para-hydroxylation sites is 2. The normalized spacial score (nSPS) is 11.7. The van der Waals surface area contributed by atoms with Crippen LogP contribution in [-0.4, -0.2) is 45.7 Å². The molecule has 1 amide bonds. The Labute approximate surface area is 189 Å². The number of guanidine groups is 1. The molecular formula is C21H29IN4O3. The van der Waals surface area contributed by atoms with Gasteiger partial charge in [0.25, 0.3) is 5.91 Å². The average molecular weight is 512 g/mol. The second kappa shape index (κ2) is 12.9. The summed E-state index contributed by atoms with van der Waals surface area (Å²) in [6, 6.07) is 15.0. The molecule has 0 saturated heterocycles.